The molecule has 0 fully saturated rings. The summed E-state index contributed by atoms with van der Waals surface area (Å²) in [6.45, 7) is 0. The number of ether oxygens (including phenoxy) is 2. The molecule has 0 unspecified atom stereocenters. The third-order valence-corrected chi connectivity index (χ3v) is 2.07. The van der Waals surface area contributed by atoms with Crippen LogP contribution < -0.4 is 9.47 Å². The number of rotatable bonds is 4. The number of carbonyl (C=O) groups is 1. The largest absolute Gasteiger partial charge is 0.573 e. The van der Waals surface area contributed by atoms with Crippen LogP contribution in [0, 0.1) is 0 Å². The van der Waals surface area contributed by atoms with Crippen molar-refractivity contribution in [3.63, 3.8) is 0 Å². The van der Waals surface area contributed by atoms with Crippen molar-refractivity contribution in [2.75, 3.05) is 7.11 Å². The first kappa shape index (κ1) is 16.9. The summed E-state index contributed by atoms with van der Waals surface area (Å²) in [7, 11) is 0.942. The predicted molar refractivity (Wildman–Crippen MR) is 53.8 cm³/mol. The number of alkyl halides is 6. The second-order valence-electron chi connectivity index (χ2n) is 3.60. The number of pyridine rings is 1. The van der Waals surface area contributed by atoms with Gasteiger partial charge in [0.15, 0.2) is 0 Å². The van der Waals surface area contributed by atoms with Crippen LogP contribution in [0.3, 0.4) is 0 Å². The lowest BCUT2D eigenvalue weighted by Crippen LogP contribution is -2.22. The molecule has 0 atom stereocenters. The number of aromatic nitrogens is 1. The third kappa shape index (κ3) is 4.68. The molecule has 21 heavy (non-hydrogen) atoms. The van der Waals surface area contributed by atoms with Crippen LogP contribution in [-0.4, -0.2) is 29.5 Å². The predicted octanol–water partition coefficient (Wildman–Crippen LogP) is 2.63. The van der Waals surface area contributed by atoms with Gasteiger partial charge in [0.25, 0.3) is 0 Å². The van der Waals surface area contributed by atoms with E-state index in [2.05, 4.69) is 14.5 Å². The lowest BCUT2D eigenvalue weighted by atomic mass is 10.1. The summed E-state index contributed by atoms with van der Waals surface area (Å²) in [4.78, 5) is 13.8. The Morgan fingerprint density at radius 1 is 1.29 bits per heavy atom. The van der Waals surface area contributed by atoms with Gasteiger partial charge in [0.05, 0.1) is 19.2 Å². The van der Waals surface area contributed by atoms with E-state index < -0.39 is 47.8 Å². The second kappa shape index (κ2) is 5.66. The Morgan fingerprint density at radius 2 is 1.86 bits per heavy atom. The first-order chi connectivity index (χ1) is 9.44. The van der Waals surface area contributed by atoms with Crippen LogP contribution in [-0.2, 0) is 17.4 Å². The molecule has 11 heteroatoms. The van der Waals surface area contributed by atoms with E-state index in [-0.39, 0.29) is 6.07 Å². The molecule has 5 nitrogen and oxygen atoms in total. The van der Waals surface area contributed by atoms with E-state index in [0.29, 0.717) is 0 Å². The molecule has 0 saturated heterocycles. The molecule has 1 aromatic heterocycles. The number of carboxylic acids is 1. The lowest BCUT2D eigenvalue weighted by molar-refractivity contribution is -0.276. The van der Waals surface area contributed by atoms with Gasteiger partial charge < -0.3 is 14.6 Å². The fraction of sp³-hybridized carbons (Fsp3) is 0.400. The number of aliphatic carboxylic acids is 1. The molecule has 0 aliphatic rings. The number of hydrogen-bond donors (Lipinski definition) is 1. The monoisotopic (exact) mass is 319 g/mol. The third-order valence-electron chi connectivity index (χ3n) is 2.07. The molecule has 0 spiro atoms. The number of nitrogens with zero attached hydrogens (tertiary/aromatic N) is 1. The number of methoxy groups -OCH3 is 1. The average molecular weight is 319 g/mol. The number of carboxylic acid groups (broad SMARTS) is 1. The van der Waals surface area contributed by atoms with Gasteiger partial charge in [0.2, 0.25) is 5.88 Å². The van der Waals surface area contributed by atoms with Crippen molar-refractivity contribution >= 4 is 5.97 Å². The Hall–Kier alpha value is -2.20. The molecule has 0 aliphatic heterocycles. The van der Waals surface area contributed by atoms with Gasteiger partial charge in [-0.3, -0.25) is 4.79 Å². The highest BCUT2D eigenvalue weighted by Crippen LogP contribution is 2.41. The molecule has 0 aliphatic carbocycles. The maximum absolute atomic E-state index is 12.8. The zero-order chi connectivity index (χ0) is 16.4. The number of halogens is 6. The van der Waals surface area contributed by atoms with Gasteiger partial charge in [-0.25, -0.2) is 4.98 Å². The summed E-state index contributed by atoms with van der Waals surface area (Å²) in [5.74, 6) is -3.98. The summed E-state index contributed by atoms with van der Waals surface area (Å²) >= 11 is 0. The fourth-order valence-electron chi connectivity index (χ4n) is 1.43. The quantitative estimate of drug-likeness (QED) is 0.864. The Kier molecular flexibility index (Phi) is 4.54. The number of hydrogen-bond acceptors (Lipinski definition) is 4. The summed E-state index contributed by atoms with van der Waals surface area (Å²) in [6.07, 6.45) is -11.9. The summed E-state index contributed by atoms with van der Waals surface area (Å²) in [5, 5.41) is 8.53. The van der Waals surface area contributed by atoms with Crippen LogP contribution in [0.1, 0.15) is 11.3 Å². The molecule has 1 heterocycles. The van der Waals surface area contributed by atoms with Gasteiger partial charge in [-0.1, -0.05) is 0 Å². The zero-order valence-electron chi connectivity index (χ0n) is 10.2. The van der Waals surface area contributed by atoms with Gasteiger partial charge in [-0.15, -0.1) is 13.2 Å². The van der Waals surface area contributed by atoms with E-state index in [9.17, 15) is 31.1 Å². The zero-order valence-corrected chi connectivity index (χ0v) is 10.2. The molecule has 0 aromatic carbocycles. The molecule has 1 aromatic rings. The SMILES string of the molecule is COc1cc(OC(F)(F)F)c(C(F)(F)F)c(CC(=O)O)n1. The van der Waals surface area contributed by atoms with Crippen molar-refractivity contribution in [1.29, 1.82) is 0 Å². The van der Waals surface area contributed by atoms with Gasteiger partial charge in [-0.05, 0) is 0 Å². The van der Waals surface area contributed by atoms with Crippen molar-refractivity contribution < 1.29 is 45.7 Å². The van der Waals surface area contributed by atoms with Crippen molar-refractivity contribution in [3.05, 3.63) is 17.3 Å². The van der Waals surface area contributed by atoms with E-state index in [1.54, 1.807) is 0 Å². The Balaban J connectivity index is 3.54. The highest BCUT2D eigenvalue weighted by molar-refractivity contribution is 5.70. The van der Waals surface area contributed by atoms with Gasteiger partial charge in [-0.2, -0.15) is 13.2 Å². The van der Waals surface area contributed by atoms with Gasteiger partial charge >= 0.3 is 18.5 Å². The lowest BCUT2D eigenvalue weighted by Gasteiger charge is -2.18. The molecule has 0 amide bonds. The highest BCUT2D eigenvalue weighted by atomic mass is 19.4. The topological polar surface area (TPSA) is 68.7 Å². The molecule has 0 bridgehead atoms. The Bertz CT molecular complexity index is 540. The second-order valence-corrected chi connectivity index (χ2v) is 3.60. The molecule has 0 radical (unpaired) electrons. The maximum atomic E-state index is 12.8. The minimum atomic E-state index is -5.40. The van der Waals surface area contributed by atoms with Crippen molar-refractivity contribution in [3.8, 4) is 11.6 Å². The van der Waals surface area contributed by atoms with Crippen LogP contribution >= 0.6 is 0 Å². The average Bonchev–Trinajstić information content (AvgIpc) is 2.23. The maximum Gasteiger partial charge on any atom is 0.573 e. The van der Waals surface area contributed by atoms with Crippen molar-refractivity contribution in [2.45, 2.75) is 19.0 Å². The van der Waals surface area contributed by atoms with Gasteiger partial charge in [0.1, 0.15) is 11.3 Å². The normalized spacial score (nSPS) is 12.1. The minimum absolute atomic E-state index is 0.279. The summed E-state index contributed by atoms with van der Waals surface area (Å²) in [5.41, 5.74) is -3.06. The summed E-state index contributed by atoms with van der Waals surface area (Å²) in [6, 6.07) is 0.279. The van der Waals surface area contributed by atoms with Crippen LogP contribution in [0.5, 0.6) is 11.6 Å². The van der Waals surface area contributed by atoms with E-state index >= 15 is 0 Å². The van der Waals surface area contributed by atoms with Crippen molar-refractivity contribution in [2.24, 2.45) is 0 Å². The van der Waals surface area contributed by atoms with E-state index in [1.165, 1.54) is 0 Å². The molecule has 0 saturated carbocycles. The smallest absolute Gasteiger partial charge is 0.481 e. The van der Waals surface area contributed by atoms with Crippen LogP contribution in [0.25, 0.3) is 0 Å². The van der Waals surface area contributed by atoms with Crippen LogP contribution in [0.4, 0.5) is 26.3 Å². The Morgan fingerprint density at radius 3 is 2.24 bits per heavy atom. The van der Waals surface area contributed by atoms with E-state index in [0.717, 1.165) is 7.11 Å². The van der Waals surface area contributed by atoms with Crippen molar-refractivity contribution in [1.82, 2.24) is 4.98 Å². The van der Waals surface area contributed by atoms with Crippen LogP contribution in [0.2, 0.25) is 0 Å². The molecular weight excluding hydrogens is 312 g/mol. The first-order valence-corrected chi connectivity index (χ1v) is 5.06. The molecule has 118 valence electrons. The van der Waals surface area contributed by atoms with E-state index in [1.807, 2.05) is 0 Å². The summed E-state index contributed by atoms with van der Waals surface area (Å²) < 4.78 is 82.8. The Labute approximate surface area is 113 Å². The van der Waals surface area contributed by atoms with Crippen LogP contribution in [0.15, 0.2) is 6.07 Å². The minimum Gasteiger partial charge on any atom is -0.481 e. The molecule has 1 N–H and O–H groups in total. The first-order valence-electron chi connectivity index (χ1n) is 5.06. The standard InChI is InChI=1S/C10H7F6NO4/c1-20-6-3-5(21-10(14,15)16)8(9(11,12)13)4(17-6)2-7(18)19/h3H,2H2,1H3,(H,18,19). The molecule has 1 rings (SSSR count). The fourth-order valence-corrected chi connectivity index (χ4v) is 1.43. The van der Waals surface area contributed by atoms with Gasteiger partial charge in [0, 0.05) is 6.07 Å². The highest BCUT2D eigenvalue weighted by Gasteiger charge is 2.42. The van der Waals surface area contributed by atoms with E-state index in [4.69, 9.17) is 5.11 Å². The molecular formula is C10H7F6NO4.